The summed E-state index contributed by atoms with van der Waals surface area (Å²) in [6.45, 7) is 6.31. The Morgan fingerprint density at radius 1 is 1.07 bits per heavy atom. The number of benzene rings is 2. The van der Waals surface area contributed by atoms with E-state index in [-0.39, 0.29) is 23.8 Å². The maximum absolute atomic E-state index is 12.9. The van der Waals surface area contributed by atoms with Crippen LogP contribution in [0.15, 0.2) is 48.5 Å². The van der Waals surface area contributed by atoms with E-state index in [2.05, 4.69) is 10.6 Å². The van der Waals surface area contributed by atoms with E-state index in [1.165, 1.54) is 0 Å². The van der Waals surface area contributed by atoms with Crippen LogP contribution >= 0.6 is 0 Å². The third-order valence-corrected chi connectivity index (χ3v) is 4.90. The van der Waals surface area contributed by atoms with Gasteiger partial charge in [-0.3, -0.25) is 9.59 Å². The van der Waals surface area contributed by atoms with Gasteiger partial charge in [0, 0.05) is 17.5 Å². The average molecular weight is 366 g/mol. The second-order valence-corrected chi connectivity index (χ2v) is 7.25. The van der Waals surface area contributed by atoms with Crippen LogP contribution in [-0.4, -0.2) is 24.5 Å². The lowest BCUT2D eigenvalue weighted by Gasteiger charge is -2.29. The predicted octanol–water partition coefficient (Wildman–Crippen LogP) is 3.39. The topological polar surface area (TPSA) is 67.4 Å². The van der Waals surface area contributed by atoms with Gasteiger partial charge in [-0.05, 0) is 30.5 Å². The normalized spacial score (nSPS) is 16.8. The van der Waals surface area contributed by atoms with Gasteiger partial charge in [0.2, 0.25) is 5.91 Å². The maximum atomic E-state index is 12.9. The van der Waals surface area contributed by atoms with Crippen molar-refractivity contribution in [1.82, 2.24) is 10.6 Å². The number of rotatable bonds is 5. The summed E-state index contributed by atoms with van der Waals surface area (Å²) in [5, 5.41) is 6.00. The van der Waals surface area contributed by atoms with Crippen LogP contribution in [0.25, 0.3) is 0 Å². The molecule has 2 N–H and O–H groups in total. The fourth-order valence-corrected chi connectivity index (χ4v) is 3.34. The van der Waals surface area contributed by atoms with Crippen molar-refractivity contribution in [3.63, 3.8) is 0 Å². The van der Waals surface area contributed by atoms with Crippen LogP contribution in [0.2, 0.25) is 0 Å². The van der Waals surface area contributed by atoms with E-state index in [1.807, 2.05) is 63.2 Å². The Morgan fingerprint density at radius 3 is 2.52 bits per heavy atom. The molecular weight excluding hydrogens is 340 g/mol. The molecular formula is C22H26N2O3. The molecule has 142 valence electrons. The lowest BCUT2D eigenvalue weighted by atomic mass is 9.98. The van der Waals surface area contributed by atoms with Gasteiger partial charge in [0.25, 0.3) is 5.91 Å². The Morgan fingerprint density at radius 2 is 1.78 bits per heavy atom. The summed E-state index contributed by atoms with van der Waals surface area (Å²) < 4.78 is 5.66. The number of nitrogens with one attached hydrogen (secondary N) is 2. The Labute approximate surface area is 160 Å². The molecule has 0 spiro atoms. The van der Waals surface area contributed by atoms with Crippen LogP contribution in [0, 0.1) is 12.8 Å². The van der Waals surface area contributed by atoms with Crippen LogP contribution in [0.3, 0.4) is 0 Å². The summed E-state index contributed by atoms with van der Waals surface area (Å²) in [6, 6.07) is 14.4. The molecule has 3 rings (SSSR count). The lowest BCUT2D eigenvalue weighted by molar-refractivity contribution is -0.124. The van der Waals surface area contributed by atoms with Crippen molar-refractivity contribution in [1.29, 1.82) is 0 Å². The fourth-order valence-electron chi connectivity index (χ4n) is 3.34. The molecule has 0 radical (unpaired) electrons. The monoisotopic (exact) mass is 366 g/mol. The van der Waals surface area contributed by atoms with Crippen LogP contribution in [-0.2, 0) is 4.79 Å². The summed E-state index contributed by atoms with van der Waals surface area (Å²) in [6.07, 6.45) is 0.708. The molecule has 0 aliphatic carbocycles. The quantitative estimate of drug-likeness (QED) is 0.852. The van der Waals surface area contributed by atoms with Gasteiger partial charge in [0.1, 0.15) is 11.8 Å². The van der Waals surface area contributed by atoms with E-state index >= 15 is 0 Å². The van der Waals surface area contributed by atoms with E-state index in [0.717, 1.165) is 16.9 Å². The van der Waals surface area contributed by atoms with Crippen LogP contribution in [0.4, 0.5) is 0 Å². The maximum Gasteiger partial charge on any atom is 0.252 e. The van der Waals surface area contributed by atoms with Gasteiger partial charge in [-0.15, -0.1) is 0 Å². The standard InChI is InChI=1S/C22H26N2O3/c1-14(2)20(24-21(25)16-9-5-4-8-15(16)3)22(26)23-18-12-13-27-19-11-7-6-10-17(18)19/h4-11,14,18,20H,12-13H2,1-3H3,(H,23,26)(H,24,25)/t18-,20-/m0/s1. The van der Waals surface area contributed by atoms with Crippen molar-refractivity contribution in [3.05, 3.63) is 65.2 Å². The van der Waals surface area contributed by atoms with Crippen molar-refractivity contribution < 1.29 is 14.3 Å². The molecule has 0 aromatic heterocycles. The van der Waals surface area contributed by atoms with E-state index < -0.39 is 6.04 Å². The van der Waals surface area contributed by atoms with E-state index in [1.54, 1.807) is 6.07 Å². The molecule has 1 aliphatic rings. The summed E-state index contributed by atoms with van der Waals surface area (Å²) in [7, 11) is 0. The number of hydrogen-bond acceptors (Lipinski definition) is 3. The molecule has 0 bridgehead atoms. The van der Waals surface area contributed by atoms with Gasteiger partial charge >= 0.3 is 0 Å². The minimum atomic E-state index is -0.605. The minimum Gasteiger partial charge on any atom is -0.493 e. The molecule has 2 atom stereocenters. The van der Waals surface area contributed by atoms with Crippen molar-refractivity contribution in [2.75, 3.05) is 6.61 Å². The molecule has 5 nitrogen and oxygen atoms in total. The molecule has 0 fully saturated rings. The van der Waals surface area contributed by atoms with Gasteiger partial charge in [0.15, 0.2) is 0 Å². The molecule has 0 unspecified atom stereocenters. The highest BCUT2D eigenvalue weighted by Gasteiger charge is 2.29. The van der Waals surface area contributed by atoms with Crippen LogP contribution < -0.4 is 15.4 Å². The van der Waals surface area contributed by atoms with Gasteiger partial charge < -0.3 is 15.4 Å². The van der Waals surface area contributed by atoms with E-state index in [0.29, 0.717) is 18.6 Å². The van der Waals surface area contributed by atoms with E-state index in [9.17, 15) is 9.59 Å². The summed E-state index contributed by atoms with van der Waals surface area (Å²) >= 11 is 0. The smallest absolute Gasteiger partial charge is 0.252 e. The molecule has 2 aromatic carbocycles. The Bertz CT molecular complexity index is 832. The zero-order valence-corrected chi connectivity index (χ0v) is 16.0. The largest absolute Gasteiger partial charge is 0.493 e. The van der Waals surface area contributed by atoms with Crippen molar-refractivity contribution >= 4 is 11.8 Å². The van der Waals surface area contributed by atoms with Crippen LogP contribution in [0.1, 0.15) is 47.8 Å². The highest BCUT2D eigenvalue weighted by molar-refractivity contribution is 5.98. The van der Waals surface area contributed by atoms with Crippen molar-refractivity contribution in [2.45, 2.75) is 39.3 Å². The first-order chi connectivity index (χ1) is 13.0. The van der Waals surface area contributed by atoms with Gasteiger partial charge in [-0.1, -0.05) is 50.2 Å². The van der Waals surface area contributed by atoms with Gasteiger partial charge in [0.05, 0.1) is 12.6 Å². The molecule has 1 aliphatic heterocycles. The molecule has 1 heterocycles. The SMILES string of the molecule is Cc1ccccc1C(=O)N[C@H](C(=O)N[C@H]1CCOc2ccccc21)C(C)C. The Hall–Kier alpha value is -2.82. The van der Waals surface area contributed by atoms with Crippen LogP contribution in [0.5, 0.6) is 5.75 Å². The number of aryl methyl sites for hydroxylation is 1. The minimum absolute atomic E-state index is 0.0342. The number of ether oxygens (including phenoxy) is 1. The molecule has 5 heteroatoms. The Balaban J connectivity index is 1.73. The zero-order chi connectivity index (χ0) is 19.4. The predicted molar refractivity (Wildman–Crippen MR) is 105 cm³/mol. The number of amides is 2. The first-order valence-electron chi connectivity index (χ1n) is 9.36. The molecule has 0 saturated heterocycles. The Kier molecular flexibility index (Phi) is 5.79. The van der Waals surface area contributed by atoms with Crippen molar-refractivity contribution in [2.24, 2.45) is 5.92 Å². The summed E-state index contributed by atoms with van der Waals surface area (Å²) in [5.74, 6) is 0.370. The summed E-state index contributed by atoms with van der Waals surface area (Å²) in [5.41, 5.74) is 2.45. The van der Waals surface area contributed by atoms with Crippen molar-refractivity contribution in [3.8, 4) is 5.75 Å². The number of hydrogen-bond donors (Lipinski definition) is 2. The van der Waals surface area contributed by atoms with Gasteiger partial charge in [-0.25, -0.2) is 0 Å². The number of carbonyl (C=O) groups excluding carboxylic acids is 2. The van der Waals surface area contributed by atoms with Gasteiger partial charge in [-0.2, -0.15) is 0 Å². The third kappa shape index (κ3) is 4.30. The average Bonchev–Trinajstić information content (AvgIpc) is 2.66. The zero-order valence-electron chi connectivity index (χ0n) is 16.0. The highest BCUT2D eigenvalue weighted by atomic mass is 16.5. The summed E-state index contributed by atoms with van der Waals surface area (Å²) in [4.78, 5) is 25.6. The molecule has 0 saturated carbocycles. The third-order valence-electron chi connectivity index (χ3n) is 4.90. The molecule has 27 heavy (non-hydrogen) atoms. The first kappa shape index (κ1) is 19.0. The number of fused-ring (bicyclic) bond motifs is 1. The second kappa shape index (κ2) is 8.25. The number of para-hydroxylation sites is 1. The highest BCUT2D eigenvalue weighted by Crippen LogP contribution is 2.31. The number of carbonyl (C=O) groups is 2. The van der Waals surface area contributed by atoms with E-state index in [4.69, 9.17) is 4.74 Å². The first-order valence-corrected chi connectivity index (χ1v) is 9.36. The fraction of sp³-hybridized carbons (Fsp3) is 0.364. The molecule has 2 aromatic rings. The molecule has 2 amide bonds. The second-order valence-electron chi connectivity index (χ2n) is 7.25. The lowest BCUT2D eigenvalue weighted by Crippen LogP contribution is -2.51.